The standard InChI is InChI=1S/C11H11NO2/c1-12-4-9-8(11(12)13)3-2-7-5-14-6-10(7)9/h5-6H,2-4H2,1H3. The highest BCUT2D eigenvalue weighted by molar-refractivity contribution is 6.06. The number of carbonyl (C=O) groups is 1. The van der Waals surface area contributed by atoms with E-state index in [0.29, 0.717) is 0 Å². The highest BCUT2D eigenvalue weighted by Gasteiger charge is 2.32. The van der Waals surface area contributed by atoms with Crippen LogP contribution in [-0.2, 0) is 11.2 Å². The first-order valence-electron chi connectivity index (χ1n) is 4.80. The molecule has 0 unspecified atom stereocenters. The van der Waals surface area contributed by atoms with Crippen molar-refractivity contribution in [3.05, 3.63) is 29.2 Å². The number of hydrogen-bond donors (Lipinski definition) is 0. The van der Waals surface area contributed by atoms with Crippen molar-refractivity contribution in [3.8, 4) is 0 Å². The van der Waals surface area contributed by atoms with Crippen molar-refractivity contribution >= 4 is 11.5 Å². The molecule has 0 spiro atoms. The molecule has 1 amide bonds. The molecular weight excluding hydrogens is 178 g/mol. The number of hydrogen-bond acceptors (Lipinski definition) is 2. The van der Waals surface area contributed by atoms with Crippen molar-refractivity contribution in [2.75, 3.05) is 13.6 Å². The third-order valence-electron chi connectivity index (χ3n) is 3.08. The Kier molecular flexibility index (Phi) is 1.40. The third kappa shape index (κ3) is 0.842. The van der Waals surface area contributed by atoms with Crippen LogP contribution < -0.4 is 0 Å². The molecular formula is C11H11NO2. The zero-order valence-corrected chi connectivity index (χ0v) is 8.04. The van der Waals surface area contributed by atoms with E-state index in [2.05, 4.69) is 0 Å². The van der Waals surface area contributed by atoms with E-state index in [1.165, 1.54) is 11.1 Å². The van der Waals surface area contributed by atoms with Crippen LogP contribution in [0, 0.1) is 0 Å². The number of fused-ring (bicyclic) bond motifs is 2. The summed E-state index contributed by atoms with van der Waals surface area (Å²) in [5.74, 6) is 0.187. The molecule has 1 aliphatic heterocycles. The molecule has 1 aliphatic carbocycles. The van der Waals surface area contributed by atoms with Crippen LogP contribution in [0.5, 0.6) is 0 Å². The number of nitrogens with zero attached hydrogens (tertiary/aromatic N) is 1. The van der Waals surface area contributed by atoms with E-state index in [1.54, 1.807) is 17.4 Å². The first-order chi connectivity index (χ1) is 6.77. The minimum absolute atomic E-state index is 0.187. The number of carbonyl (C=O) groups excluding carboxylic acids is 1. The molecule has 3 heteroatoms. The van der Waals surface area contributed by atoms with Gasteiger partial charge in [0.2, 0.25) is 5.91 Å². The summed E-state index contributed by atoms with van der Waals surface area (Å²) in [6, 6.07) is 0. The van der Waals surface area contributed by atoms with Gasteiger partial charge in [-0.3, -0.25) is 4.79 Å². The average Bonchev–Trinajstić information content (AvgIpc) is 2.73. The van der Waals surface area contributed by atoms with Gasteiger partial charge < -0.3 is 9.32 Å². The third-order valence-corrected chi connectivity index (χ3v) is 3.08. The van der Waals surface area contributed by atoms with Crippen LogP contribution >= 0.6 is 0 Å². The van der Waals surface area contributed by atoms with E-state index < -0.39 is 0 Å². The summed E-state index contributed by atoms with van der Waals surface area (Å²) in [5.41, 5.74) is 4.55. The fourth-order valence-electron chi connectivity index (χ4n) is 2.31. The molecule has 2 heterocycles. The Morgan fingerprint density at radius 1 is 1.29 bits per heavy atom. The lowest BCUT2D eigenvalue weighted by Crippen LogP contribution is -2.21. The van der Waals surface area contributed by atoms with Crippen LogP contribution in [0.15, 0.2) is 22.5 Å². The van der Waals surface area contributed by atoms with Gasteiger partial charge in [-0.05, 0) is 24.0 Å². The monoisotopic (exact) mass is 189 g/mol. The van der Waals surface area contributed by atoms with Gasteiger partial charge in [-0.2, -0.15) is 0 Å². The molecule has 0 N–H and O–H groups in total. The molecule has 0 radical (unpaired) electrons. The second kappa shape index (κ2) is 2.50. The summed E-state index contributed by atoms with van der Waals surface area (Å²) in [7, 11) is 1.85. The molecule has 3 nitrogen and oxygen atoms in total. The van der Waals surface area contributed by atoms with E-state index in [4.69, 9.17) is 4.42 Å². The molecule has 14 heavy (non-hydrogen) atoms. The van der Waals surface area contributed by atoms with Gasteiger partial charge in [-0.15, -0.1) is 0 Å². The highest BCUT2D eigenvalue weighted by Crippen LogP contribution is 2.36. The quantitative estimate of drug-likeness (QED) is 0.619. The van der Waals surface area contributed by atoms with Gasteiger partial charge in [-0.25, -0.2) is 0 Å². The Balaban J connectivity index is 2.16. The second-order valence-electron chi connectivity index (χ2n) is 3.93. The second-order valence-corrected chi connectivity index (χ2v) is 3.93. The smallest absolute Gasteiger partial charge is 0.250 e. The molecule has 72 valence electrons. The summed E-state index contributed by atoms with van der Waals surface area (Å²) in [4.78, 5) is 13.5. The van der Waals surface area contributed by atoms with E-state index in [0.717, 1.165) is 30.5 Å². The van der Waals surface area contributed by atoms with Crippen molar-refractivity contribution in [1.29, 1.82) is 0 Å². The first kappa shape index (κ1) is 7.85. The van der Waals surface area contributed by atoms with Crippen molar-refractivity contribution in [3.63, 3.8) is 0 Å². The number of rotatable bonds is 0. The lowest BCUT2D eigenvalue weighted by molar-refractivity contribution is -0.124. The van der Waals surface area contributed by atoms with Gasteiger partial charge in [0.1, 0.15) is 0 Å². The highest BCUT2D eigenvalue weighted by atomic mass is 16.3. The van der Waals surface area contributed by atoms with Gasteiger partial charge in [0.05, 0.1) is 12.5 Å². The summed E-state index contributed by atoms with van der Waals surface area (Å²) in [5, 5.41) is 0. The van der Waals surface area contributed by atoms with Crippen LogP contribution in [-0.4, -0.2) is 24.4 Å². The normalized spacial score (nSPS) is 20.1. The van der Waals surface area contributed by atoms with Crippen molar-refractivity contribution in [2.24, 2.45) is 0 Å². The molecule has 0 saturated heterocycles. The Labute approximate surface area is 82.0 Å². The van der Waals surface area contributed by atoms with Crippen LogP contribution in [0.1, 0.15) is 17.5 Å². The molecule has 0 aromatic carbocycles. The molecule has 3 rings (SSSR count). The largest absolute Gasteiger partial charge is 0.472 e. The van der Waals surface area contributed by atoms with E-state index in [1.807, 2.05) is 7.05 Å². The summed E-state index contributed by atoms with van der Waals surface area (Å²) in [6.45, 7) is 0.737. The van der Waals surface area contributed by atoms with Crippen molar-refractivity contribution < 1.29 is 9.21 Å². The summed E-state index contributed by atoms with van der Waals surface area (Å²) < 4.78 is 5.18. The molecule has 0 saturated carbocycles. The average molecular weight is 189 g/mol. The molecule has 0 atom stereocenters. The van der Waals surface area contributed by atoms with Gasteiger partial charge in [0.25, 0.3) is 0 Å². The van der Waals surface area contributed by atoms with Crippen LogP contribution in [0.25, 0.3) is 5.57 Å². The Hall–Kier alpha value is -1.51. The van der Waals surface area contributed by atoms with Gasteiger partial charge >= 0.3 is 0 Å². The Bertz CT molecular complexity index is 442. The first-order valence-corrected chi connectivity index (χ1v) is 4.80. The maximum Gasteiger partial charge on any atom is 0.250 e. The summed E-state index contributed by atoms with van der Waals surface area (Å²) in [6.07, 6.45) is 5.35. The maximum atomic E-state index is 11.7. The molecule has 0 bridgehead atoms. The van der Waals surface area contributed by atoms with E-state index in [9.17, 15) is 4.79 Å². The predicted molar refractivity (Wildman–Crippen MR) is 51.6 cm³/mol. The lowest BCUT2D eigenvalue weighted by Gasteiger charge is -2.10. The molecule has 1 aromatic heterocycles. The van der Waals surface area contributed by atoms with Gasteiger partial charge in [0.15, 0.2) is 0 Å². The number of amides is 1. The number of likely N-dealkylation sites (N-methyl/N-ethyl adjacent to an activating group) is 1. The predicted octanol–water partition coefficient (Wildman–Crippen LogP) is 1.45. The maximum absolute atomic E-state index is 11.7. The van der Waals surface area contributed by atoms with Crippen LogP contribution in [0.2, 0.25) is 0 Å². The van der Waals surface area contributed by atoms with Crippen LogP contribution in [0.4, 0.5) is 0 Å². The minimum Gasteiger partial charge on any atom is -0.472 e. The lowest BCUT2D eigenvalue weighted by atomic mass is 9.90. The SMILES string of the molecule is CN1CC2=C(CCc3cocc32)C1=O. The fourth-order valence-corrected chi connectivity index (χ4v) is 2.31. The minimum atomic E-state index is 0.187. The Morgan fingerprint density at radius 2 is 2.14 bits per heavy atom. The van der Waals surface area contributed by atoms with Gasteiger partial charge in [-0.1, -0.05) is 0 Å². The van der Waals surface area contributed by atoms with Crippen molar-refractivity contribution in [2.45, 2.75) is 12.8 Å². The fraction of sp³-hybridized carbons (Fsp3) is 0.364. The molecule has 1 aromatic rings. The molecule has 0 fully saturated rings. The number of furan rings is 1. The zero-order valence-electron chi connectivity index (χ0n) is 8.04. The van der Waals surface area contributed by atoms with Crippen LogP contribution in [0.3, 0.4) is 0 Å². The number of aryl methyl sites for hydroxylation is 1. The Morgan fingerprint density at radius 3 is 3.00 bits per heavy atom. The van der Waals surface area contributed by atoms with E-state index >= 15 is 0 Å². The van der Waals surface area contributed by atoms with Crippen molar-refractivity contribution in [1.82, 2.24) is 4.90 Å². The molecule has 2 aliphatic rings. The zero-order chi connectivity index (χ0) is 9.71. The summed E-state index contributed by atoms with van der Waals surface area (Å²) >= 11 is 0. The van der Waals surface area contributed by atoms with Gasteiger partial charge in [0, 0.05) is 24.7 Å². The topological polar surface area (TPSA) is 33.5 Å². The van der Waals surface area contributed by atoms with E-state index in [-0.39, 0.29) is 5.91 Å².